The largest absolute Gasteiger partial charge is 0.481 e. The molecule has 0 saturated heterocycles. The first-order valence-corrected chi connectivity index (χ1v) is 7.75. The Hall–Kier alpha value is -1.38. The third-order valence-corrected chi connectivity index (χ3v) is 4.05. The molecule has 3 nitrogen and oxygen atoms in total. The van der Waals surface area contributed by atoms with Crippen molar-refractivity contribution in [2.75, 3.05) is 0 Å². The predicted octanol–water partition coefficient (Wildman–Crippen LogP) is 3.74. The fraction of sp³-hybridized carbons (Fsp3) is 0.647. The average molecular weight is 278 g/mol. The molecule has 1 heterocycles. The molecule has 1 rings (SSSR count). The molecule has 1 aromatic rings. The summed E-state index contributed by atoms with van der Waals surface area (Å²) in [6.07, 6.45) is 9.87. The lowest BCUT2D eigenvalue weighted by atomic mass is 9.92. The molecule has 0 aromatic carbocycles. The highest BCUT2D eigenvalue weighted by molar-refractivity contribution is 5.76. The van der Waals surface area contributed by atoms with Crippen molar-refractivity contribution in [3.8, 4) is 0 Å². The molecule has 0 fully saturated rings. The van der Waals surface area contributed by atoms with Crippen molar-refractivity contribution in [3.05, 3.63) is 29.6 Å². The highest BCUT2D eigenvalue weighted by atomic mass is 16.4. The molecule has 0 spiro atoms. The van der Waals surface area contributed by atoms with Crippen molar-refractivity contribution >= 4 is 5.97 Å². The van der Waals surface area contributed by atoms with Gasteiger partial charge in [-0.15, -0.1) is 0 Å². The minimum Gasteiger partial charge on any atom is -0.481 e. The van der Waals surface area contributed by atoms with Gasteiger partial charge in [0.05, 0.1) is 5.92 Å². The topological polar surface area (TPSA) is 41.2 Å². The van der Waals surface area contributed by atoms with Crippen LogP contribution in [0.1, 0.15) is 69.0 Å². The van der Waals surface area contributed by atoms with Crippen LogP contribution in [0.25, 0.3) is 0 Å². The zero-order valence-corrected chi connectivity index (χ0v) is 13.1. The Kier molecular flexibility index (Phi) is 7.27. The minimum absolute atomic E-state index is 0.367. The van der Waals surface area contributed by atoms with E-state index in [9.17, 15) is 9.90 Å². The van der Waals surface area contributed by atoms with Gasteiger partial charge in [0.2, 0.25) is 0 Å². The molecule has 1 aromatic heterocycles. The van der Waals surface area contributed by atoms with Crippen molar-refractivity contribution in [2.24, 2.45) is 7.05 Å². The molecule has 0 radical (unpaired) electrons. The summed E-state index contributed by atoms with van der Waals surface area (Å²) in [5.41, 5.74) is 2.00. The number of rotatable bonds is 9. The van der Waals surface area contributed by atoms with Crippen LogP contribution in [0.15, 0.2) is 18.3 Å². The lowest BCUT2D eigenvalue weighted by Crippen LogP contribution is -2.33. The van der Waals surface area contributed by atoms with Crippen LogP contribution >= 0.6 is 0 Å². The average Bonchev–Trinajstić information content (AvgIpc) is 2.41. The number of carboxylic acid groups (broad SMARTS) is 1. The van der Waals surface area contributed by atoms with E-state index >= 15 is 0 Å². The zero-order valence-electron chi connectivity index (χ0n) is 13.1. The highest BCUT2D eigenvalue weighted by Crippen LogP contribution is 2.24. The van der Waals surface area contributed by atoms with Crippen molar-refractivity contribution in [3.63, 3.8) is 0 Å². The van der Waals surface area contributed by atoms with Crippen LogP contribution in [0.5, 0.6) is 0 Å². The van der Waals surface area contributed by atoms with Gasteiger partial charge in [0.1, 0.15) is 7.05 Å². The third-order valence-electron chi connectivity index (χ3n) is 4.05. The second-order valence-electron chi connectivity index (χ2n) is 5.61. The van der Waals surface area contributed by atoms with E-state index in [4.69, 9.17) is 0 Å². The van der Waals surface area contributed by atoms with E-state index in [-0.39, 0.29) is 5.92 Å². The molecule has 0 aliphatic rings. The standard InChI is InChI=1S/C17H27NO2/c1-4-5-6-7-8-9-11-16(17(19)20)15-12-10-13-18(3)14(15)2/h10,12-13,16H,4-9,11H2,1-3H3/p+1. The summed E-state index contributed by atoms with van der Waals surface area (Å²) in [7, 11) is 1.96. The van der Waals surface area contributed by atoms with E-state index in [1.165, 1.54) is 25.7 Å². The quantitative estimate of drug-likeness (QED) is 0.552. The van der Waals surface area contributed by atoms with Crippen LogP contribution in [0.4, 0.5) is 0 Å². The normalized spacial score (nSPS) is 12.3. The Balaban J connectivity index is 2.57. The van der Waals surface area contributed by atoms with Gasteiger partial charge in [-0.1, -0.05) is 45.4 Å². The molecular formula is C17H28NO2+. The number of carbonyl (C=O) groups is 1. The molecule has 0 bridgehead atoms. The Labute approximate surface area is 122 Å². The maximum atomic E-state index is 11.5. The van der Waals surface area contributed by atoms with Gasteiger partial charge >= 0.3 is 5.97 Å². The fourth-order valence-corrected chi connectivity index (χ4v) is 2.62. The summed E-state index contributed by atoms with van der Waals surface area (Å²) in [5.74, 6) is -1.07. The van der Waals surface area contributed by atoms with Crippen LogP contribution in [0.2, 0.25) is 0 Å². The predicted molar refractivity (Wildman–Crippen MR) is 80.7 cm³/mol. The first-order chi connectivity index (χ1) is 9.57. The van der Waals surface area contributed by atoms with Crippen molar-refractivity contribution in [1.29, 1.82) is 0 Å². The highest BCUT2D eigenvalue weighted by Gasteiger charge is 2.24. The Morgan fingerprint density at radius 3 is 2.55 bits per heavy atom. The van der Waals surface area contributed by atoms with Gasteiger partial charge in [0.25, 0.3) is 0 Å². The molecule has 112 valence electrons. The van der Waals surface area contributed by atoms with Gasteiger partial charge < -0.3 is 5.11 Å². The Morgan fingerprint density at radius 2 is 1.90 bits per heavy atom. The van der Waals surface area contributed by atoms with E-state index < -0.39 is 5.97 Å². The molecule has 1 atom stereocenters. The van der Waals surface area contributed by atoms with Crippen molar-refractivity contribution in [2.45, 2.75) is 64.7 Å². The monoisotopic (exact) mass is 278 g/mol. The van der Waals surface area contributed by atoms with Crippen LogP contribution in [0, 0.1) is 6.92 Å². The zero-order chi connectivity index (χ0) is 15.0. The van der Waals surface area contributed by atoms with Crippen molar-refractivity contribution in [1.82, 2.24) is 0 Å². The number of unbranched alkanes of at least 4 members (excludes halogenated alkanes) is 5. The van der Waals surface area contributed by atoms with Crippen molar-refractivity contribution < 1.29 is 14.5 Å². The van der Waals surface area contributed by atoms with Gasteiger partial charge in [-0.25, -0.2) is 4.57 Å². The van der Waals surface area contributed by atoms with E-state index in [2.05, 4.69) is 6.92 Å². The summed E-state index contributed by atoms with van der Waals surface area (Å²) < 4.78 is 1.99. The van der Waals surface area contributed by atoms with Gasteiger partial charge in [0, 0.05) is 18.6 Å². The lowest BCUT2D eigenvalue weighted by molar-refractivity contribution is -0.678. The molecular weight excluding hydrogens is 250 g/mol. The number of hydrogen-bond acceptors (Lipinski definition) is 1. The SMILES string of the molecule is CCCCCCCCC(C(=O)O)c1ccc[n+](C)c1C. The Bertz CT molecular complexity index is 429. The number of aliphatic carboxylic acids is 1. The van der Waals surface area contributed by atoms with Gasteiger partial charge in [-0.2, -0.15) is 0 Å². The van der Waals surface area contributed by atoms with Crippen LogP contribution in [-0.4, -0.2) is 11.1 Å². The minimum atomic E-state index is -0.701. The number of pyridine rings is 1. The summed E-state index contributed by atoms with van der Waals surface area (Å²) in [5, 5.41) is 9.47. The number of nitrogens with zero attached hydrogens (tertiary/aromatic N) is 1. The summed E-state index contributed by atoms with van der Waals surface area (Å²) >= 11 is 0. The van der Waals surface area contributed by atoms with Crippen LogP contribution in [-0.2, 0) is 11.8 Å². The van der Waals surface area contributed by atoms with Crippen LogP contribution in [0.3, 0.4) is 0 Å². The molecule has 0 aliphatic carbocycles. The van der Waals surface area contributed by atoms with Gasteiger partial charge in [0.15, 0.2) is 11.9 Å². The lowest BCUT2D eigenvalue weighted by Gasteiger charge is -2.13. The molecule has 0 amide bonds. The number of hydrogen-bond donors (Lipinski definition) is 1. The number of carboxylic acids is 1. The first-order valence-electron chi connectivity index (χ1n) is 7.75. The smallest absolute Gasteiger partial charge is 0.311 e. The van der Waals surface area contributed by atoms with E-state index in [0.717, 1.165) is 30.5 Å². The molecule has 0 aliphatic heterocycles. The van der Waals surface area contributed by atoms with E-state index in [1.54, 1.807) is 0 Å². The van der Waals surface area contributed by atoms with Crippen LogP contribution < -0.4 is 4.57 Å². The van der Waals surface area contributed by atoms with E-state index in [1.807, 2.05) is 36.9 Å². The second-order valence-corrected chi connectivity index (χ2v) is 5.61. The maximum absolute atomic E-state index is 11.5. The molecule has 3 heteroatoms. The van der Waals surface area contributed by atoms with Gasteiger partial charge in [-0.05, 0) is 12.5 Å². The molecule has 1 N–H and O–H groups in total. The molecule has 20 heavy (non-hydrogen) atoms. The first kappa shape index (κ1) is 16.7. The third kappa shape index (κ3) is 4.95. The fourth-order valence-electron chi connectivity index (χ4n) is 2.62. The second kappa shape index (κ2) is 8.72. The van der Waals surface area contributed by atoms with Gasteiger partial charge in [-0.3, -0.25) is 4.79 Å². The number of aromatic nitrogens is 1. The summed E-state index contributed by atoms with van der Waals surface area (Å²) in [6, 6.07) is 3.88. The number of aryl methyl sites for hydroxylation is 1. The summed E-state index contributed by atoms with van der Waals surface area (Å²) in [4.78, 5) is 11.5. The molecule has 0 saturated carbocycles. The van der Waals surface area contributed by atoms with E-state index in [0.29, 0.717) is 0 Å². The maximum Gasteiger partial charge on any atom is 0.311 e. The Morgan fingerprint density at radius 1 is 1.25 bits per heavy atom. The summed E-state index contributed by atoms with van der Waals surface area (Å²) in [6.45, 7) is 4.20. The molecule has 1 unspecified atom stereocenters.